The molecule has 28 heavy (non-hydrogen) atoms. The molecule has 0 radical (unpaired) electrons. The fraction of sp³-hybridized carbons (Fsp3) is 0.667. The Morgan fingerprint density at radius 3 is 2.46 bits per heavy atom. The summed E-state index contributed by atoms with van der Waals surface area (Å²) >= 11 is 0. The third-order valence-corrected chi connectivity index (χ3v) is 10.2. The smallest absolute Gasteiger partial charge is 0.139 e. The van der Waals surface area contributed by atoms with Gasteiger partial charge >= 0.3 is 0 Å². The van der Waals surface area contributed by atoms with Gasteiger partial charge in [-0.25, -0.2) is 0 Å². The number of Topliss-reactive ketones (excluding diaryl/α,β-unsaturated/α-hetero) is 1. The van der Waals surface area contributed by atoms with Crippen molar-refractivity contribution < 1.29 is 4.79 Å². The molecule has 5 rings (SSSR count). The second kappa shape index (κ2) is 6.31. The van der Waals surface area contributed by atoms with Crippen LogP contribution in [0.2, 0.25) is 0 Å². The molecule has 4 aliphatic rings. The van der Waals surface area contributed by atoms with Gasteiger partial charge in [0.2, 0.25) is 0 Å². The van der Waals surface area contributed by atoms with Gasteiger partial charge in [0.05, 0.1) is 0 Å². The van der Waals surface area contributed by atoms with Gasteiger partial charge in [-0.2, -0.15) is 0 Å². The first-order valence-electron chi connectivity index (χ1n) is 11.7. The fourth-order valence-electron chi connectivity index (χ4n) is 8.65. The van der Waals surface area contributed by atoms with Crippen LogP contribution in [0.25, 0.3) is 6.08 Å². The van der Waals surface area contributed by atoms with Crippen molar-refractivity contribution in [3.63, 3.8) is 0 Å². The molecule has 1 nitrogen and oxygen atoms in total. The van der Waals surface area contributed by atoms with Gasteiger partial charge in [0.1, 0.15) is 5.78 Å². The molecule has 150 valence electrons. The standard InChI is InChI=1S/C27H36O/c1-4-19-8-10-21(11-9-19)27-18-17-25(2)22(14-15-24(25)28)23(27)13-12-20-7-5-6-16-26(20,27)3/h4,8-11,20,22-23H,1,5-7,12-18H2,2-3H3/t20?,22-,23-,25-,26-,27-/m0/s1. The van der Waals surface area contributed by atoms with E-state index in [1.165, 1.54) is 50.5 Å². The number of fused-ring (bicyclic) bond motifs is 5. The van der Waals surface area contributed by atoms with Gasteiger partial charge < -0.3 is 0 Å². The lowest BCUT2D eigenvalue weighted by molar-refractivity contribution is -0.147. The highest BCUT2D eigenvalue weighted by Gasteiger charge is 2.67. The summed E-state index contributed by atoms with van der Waals surface area (Å²) in [5.41, 5.74) is 3.38. The van der Waals surface area contributed by atoms with Crippen LogP contribution in [0.3, 0.4) is 0 Å². The summed E-state index contributed by atoms with van der Waals surface area (Å²) in [4.78, 5) is 12.9. The van der Waals surface area contributed by atoms with E-state index in [0.717, 1.165) is 25.2 Å². The average Bonchev–Trinajstić information content (AvgIpc) is 3.02. The quantitative estimate of drug-likeness (QED) is 0.545. The topological polar surface area (TPSA) is 17.1 Å². The van der Waals surface area contributed by atoms with E-state index in [9.17, 15) is 4.79 Å². The summed E-state index contributed by atoms with van der Waals surface area (Å²) in [5.74, 6) is 2.68. The number of ketones is 1. The molecule has 0 bridgehead atoms. The van der Waals surface area contributed by atoms with Crippen molar-refractivity contribution in [2.75, 3.05) is 0 Å². The Labute approximate surface area is 171 Å². The van der Waals surface area contributed by atoms with E-state index in [1.807, 2.05) is 6.08 Å². The van der Waals surface area contributed by atoms with E-state index in [4.69, 9.17) is 0 Å². The zero-order chi connectivity index (χ0) is 19.6. The van der Waals surface area contributed by atoms with E-state index in [-0.39, 0.29) is 10.8 Å². The van der Waals surface area contributed by atoms with Crippen LogP contribution in [-0.4, -0.2) is 5.78 Å². The van der Waals surface area contributed by atoms with Crippen LogP contribution in [0.4, 0.5) is 0 Å². The molecule has 1 aromatic carbocycles. The van der Waals surface area contributed by atoms with Crippen molar-refractivity contribution in [1.29, 1.82) is 0 Å². The van der Waals surface area contributed by atoms with Crippen LogP contribution in [0, 0.1) is 28.6 Å². The van der Waals surface area contributed by atoms with Crippen LogP contribution in [0.1, 0.15) is 89.2 Å². The van der Waals surface area contributed by atoms with Gasteiger partial charge in [0, 0.05) is 17.3 Å². The predicted octanol–water partition coefficient (Wildman–Crippen LogP) is 6.95. The van der Waals surface area contributed by atoms with Crippen LogP contribution in [0.15, 0.2) is 30.8 Å². The van der Waals surface area contributed by atoms with Gasteiger partial charge in [-0.3, -0.25) is 4.79 Å². The third-order valence-electron chi connectivity index (χ3n) is 10.2. The molecule has 4 aliphatic carbocycles. The van der Waals surface area contributed by atoms with Gasteiger partial charge in [-0.15, -0.1) is 0 Å². The molecule has 0 saturated heterocycles. The lowest BCUT2D eigenvalue weighted by Gasteiger charge is -2.67. The first-order chi connectivity index (χ1) is 13.5. The summed E-state index contributed by atoms with van der Waals surface area (Å²) in [5, 5.41) is 0. The molecular weight excluding hydrogens is 340 g/mol. The third kappa shape index (κ3) is 2.22. The number of benzene rings is 1. The molecule has 0 aromatic heterocycles. The Bertz CT molecular complexity index is 791. The second-order valence-corrected chi connectivity index (χ2v) is 10.8. The Morgan fingerprint density at radius 2 is 1.71 bits per heavy atom. The van der Waals surface area contributed by atoms with Crippen molar-refractivity contribution in [3.8, 4) is 0 Å². The lowest BCUT2D eigenvalue weighted by Crippen LogP contribution is -2.62. The largest absolute Gasteiger partial charge is 0.299 e. The molecule has 4 saturated carbocycles. The zero-order valence-electron chi connectivity index (χ0n) is 17.8. The van der Waals surface area contributed by atoms with Crippen LogP contribution in [-0.2, 0) is 10.2 Å². The van der Waals surface area contributed by atoms with E-state index >= 15 is 0 Å². The first kappa shape index (κ1) is 18.6. The lowest BCUT2D eigenvalue weighted by atomic mass is 9.37. The highest BCUT2D eigenvalue weighted by Crippen LogP contribution is 2.71. The molecule has 1 unspecified atom stereocenters. The Kier molecular flexibility index (Phi) is 4.20. The van der Waals surface area contributed by atoms with Gasteiger partial charge in [-0.05, 0) is 79.2 Å². The van der Waals surface area contributed by atoms with Crippen LogP contribution >= 0.6 is 0 Å². The molecular formula is C27H36O. The summed E-state index contributed by atoms with van der Waals surface area (Å²) in [6.07, 6.45) is 14.5. The van der Waals surface area contributed by atoms with E-state index in [2.05, 4.69) is 44.7 Å². The zero-order valence-corrected chi connectivity index (χ0v) is 17.8. The number of carbonyl (C=O) groups is 1. The summed E-state index contributed by atoms with van der Waals surface area (Å²) in [6.45, 7) is 8.91. The van der Waals surface area contributed by atoms with Crippen molar-refractivity contribution in [2.45, 2.75) is 83.5 Å². The maximum atomic E-state index is 12.9. The maximum absolute atomic E-state index is 12.9. The monoisotopic (exact) mass is 376 g/mol. The van der Waals surface area contributed by atoms with E-state index < -0.39 is 0 Å². The van der Waals surface area contributed by atoms with E-state index in [0.29, 0.717) is 23.0 Å². The van der Waals surface area contributed by atoms with Gasteiger partial charge in [0.15, 0.2) is 0 Å². The number of carbonyl (C=O) groups excluding carboxylic acids is 1. The summed E-state index contributed by atoms with van der Waals surface area (Å²) in [7, 11) is 0. The summed E-state index contributed by atoms with van der Waals surface area (Å²) in [6, 6.07) is 9.40. The predicted molar refractivity (Wildman–Crippen MR) is 116 cm³/mol. The number of rotatable bonds is 2. The van der Waals surface area contributed by atoms with Crippen LogP contribution in [0.5, 0.6) is 0 Å². The van der Waals surface area contributed by atoms with E-state index in [1.54, 1.807) is 5.56 Å². The van der Waals surface area contributed by atoms with Crippen molar-refractivity contribution >= 4 is 11.9 Å². The fourth-order valence-corrected chi connectivity index (χ4v) is 8.65. The average molecular weight is 377 g/mol. The SMILES string of the molecule is C=Cc1ccc([C@@]23CC[C@]4(C)C(=O)CC[C@H]4[C@@H]2CCC2CCCC[C@@]23C)cc1. The highest BCUT2D eigenvalue weighted by atomic mass is 16.1. The van der Waals surface area contributed by atoms with Crippen molar-refractivity contribution in [3.05, 3.63) is 42.0 Å². The first-order valence-corrected chi connectivity index (χ1v) is 11.7. The molecule has 0 N–H and O–H groups in total. The van der Waals surface area contributed by atoms with Gasteiger partial charge in [-0.1, -0.05) is 63.6 Å². The Morgan fingerprint density at radius 1 is 0.929 bits per heavy atom. The molecule has 0 spiro atoms. The van der Waals surface area contributed by atoms with Crippen molar-refractivity contribution in [2.24, 2.45) is 28.6 Å². The normalized spacial score (nSPS) is 45.1. The van der Waals surface area contributed by atoms with Gasteiger partial charge in [0.25, 0.3) is 0 Å². The molecule has 4 fully saturated rings. The minimum absolute atomic E-state index is 0.0485. The Hall–Kier alpha value is -1.37. The minimum atomic E-state index is -0.0485. The number of hydrogen-bond acceptors (Lipinski definition) is 1. The molecule has 6 atom stereocenters. The highest BCUT2D eigenvalue weighted by molar-refractivity contribution is 5.87. The second-order valence-electron chi connectivity index (χ2n) is 10.8. The molecule has 1 heteroatoms. The Balaban J connectivity index is 1.68. The van der Waals surface area contributed by atoms with Crippen molar-refractivity contribution in [1.82, 2.24) is 0 Å². The number of hydrogen-bond donors (Lipinski definition) is 0. The molecule has 0 aliphatic heterocycles. The van der Waals surface area contributed by atoms with Crippen LogP contribution < -0.4 is 0 Å². The molecule has 0 heterocycles. The minimum Gasteiger partial charge on any atom is -0.299 e. The maximum Gasteiger partial charge on any atom is 0.139 e. The summed E-state index contributed by atoms with van der Waals surface area (Å²) < 4.78 is 0. The molecule has 1 aromatic rings. The molecule has 0 amide bonds.